The first-order valence-electron chi connectivity index (χ1n) is 10.7. The number of rotatable bonds is 16. The first-order chi connectivity index (χ1) is 12.8. The molecule has 0 radical (unpaired) electrons. The SMILES string of the molecule is CCCCCCCCCCCCCCCCOC(=O)c1ccccc1O.[CaH2]. The number of aromatic hydroxyl groups is 1. The third-order valence-electron chi connectivity index (χ3n) is 4.86. The van der Waals surface area contributed by atoms with Gasteiger partial charge in [0.05, 0.1) is 6.61 Å². The molecule has 0 saturated heterocycles. The van der Waals surface area contributed by atoms with E-state index in [9.17, 15) is 9.90 Å². The quantitative estimate of drug-likeness (QED) is 0.205. The number of hydrogen-bond acceptors (Lipinski definition) is 3. The summed E-state index contributed by atoms with van der Waals surface area (Å²) in [5.74, 6) is -0.448. The van der Waals surface area contributed by atoms with Gasteiger partial charge in [-0.15, -0.1) is 0 Å². The van der Waals surface area contributed by atoms with E-state index in [4.69, 9.17) is 4.74 Å². The Morgan fingerprint density at radius 1 is 0.778 bits per heavy atom. The van der Waals surface area contributed by atoms with Crippen molar-refractivity contribution in [3.05, 3.63) is 29.8 Å². The molecule has 0 amide bonds. The number of benzene rings is 1. The van der Waals surface area contributed by atoms with Gasteiger partial charge >= 0.3 is 43.7 Å². The van der Waals surface area contributed by atoms with Gasteiger partial charge in [-0.1, -0.05) is 103 Å². The van der Waals surface area contributed by atoms with Crippen molar-refractivity contribution in [2.24, 2.45) is 0 Å². The van der Waals surface area contributed by atoms with Crippen LogP contribution in [0.4, 0.5) is 0 Å². The van der Waals surface area contributed by atoms with Crippen LogP contribution in [-0.4, -0.2) is 55.4 Å². The average Bonchev–Trinajstić information content (AvgIpc) is 2.65. The third-order valence-corrected chi connectivity index (χ3v) is 4.86. The van der Waals surface area contributed by atoms with Crippen molar-refractivity contribution in [3.63, 3.8) is 0 Å². The van der Waals surface area contributed by atoms with E-state index < -0.39 is 5.97 Å². The van der Waals surface area contributed by atoms with Crippen LogP contribution in [0.5, 0.6) is 5.75 Å². The van der Waals surface area contributed by atoms with Crippen LogP contribution < -0.4 is 0 Å². The van der Waals surface area contributed by atoms with Gasteiger partial charge in [0.25, 0.3) is 0 Å². The molecule has 0 saturated carbocycles. The Labute approximate surface area is 196 Å². The zero-order valence-electron chi connectivity index (χ0n) is 16.7. The predicted octanol–water partition coefficient (Wildman–Crippen LogP) is 6.11. The van der Waals surface area contributed by atoms with Crippen LogP contribution in [0, 0.1) is 0 Å². The van der Waals surface area contributed by atoms with Crippen LogP contribution in [0.2, 0.25) is 0 Å². The van der Waals surface area contributed by atoms with E-state index in [-0.39, 0.29) is 49.1 Å². The van der Waals surface area contributed by atoms with Crippen LogP contribution in [0.1, 0.15) is 107 Å². The minimum atomic E-state index is -0.433. The fourth-order valence-corrected chi connectivity index (χ4v) is 3.19. The number of carbonyl (C=O) groups is 1. The second-order valence-electron chi connectivity index (χ2n) is 7.25. The first-order valence-corrected chi connectivity index (χ1v) is 10.7. The Balaban J connectivity index is 0.00000676. The predicted molar refractivity (Wildman–Crippen MR) is 117 cm³/mol. The number of unbranched alkanes of at least 4 members (excludes halogenated alkanes) is 13. The monoisotopic (exact) mass is 404 g/mol. The van der Waals surface area contributed by atoms with E-state index >= 15 is 0 Å². The van der Waals surface area contributed by atoms with Gasteiger partial charge in [0.2, 0.25) is 0 Å². The molecule has 0 bridgehead atoms. The molecule has 1 N–H and O–H groups in total. The molecule has 0 spiro atoms. The molecule has 1 rings (SSSR count). The average molecular weight is 405 g/mol. The van der Waals surface area contributed by atoms with Gasteiger partial charge in [0.15, 0.2) is 0 Å². The van der Waals surface area contributed by atoms with E-state index in [2.05, 4.69) is 6.92 Å². The maximum atomic E-state index is 11.8. The summed E-state index contributed by atoms with van der Waals surface area (Å²) in [7, 11) is 0. The van der Waals surface area contributed by atoms with Crippen molar-refractivity contribution in [1.82, 2.24) is 0 Å². The molecule has 152 valence electrons. The van der Waals surface area contributed by atoms with Crippen molar-refractivity contribution in [2.45, 2.75) is 96.8 Å². The van der Waals surface area contributed by atoms with Crippen molar-refractivity contribution < 1.29 is 14.6 Å². The number of esters is 1. The molecule has 3 nitrogen and oxygen atoms in total. The zero-order valence-corrected chi connectivity index (χ0v) is 16.7. The Bertz CT molecular complexity index is 476. The Morgan fingerprint density at radius 2 is 1.22 bits per heavy atom. The molecule has 0 aliphatic heterocycles. The van der Waals surface area contributed by atoms with Gasteiger partial charge in [0, 0.05) is 0 Å². The standard InChI is InChI=1S/C23H38O3.Ca.2H/c1-2-3-4-5-6-7-8-9-10-11-12-13-14-17-20-26-23(25)21-18-15-16-19-22(21)24;;;/h15-16,18-19,24H,2-14,17,20H2,1H3;;;. The van der Waals surface area contributed by atoms with Crippen LogP contribution in [-0.2, 0) is 4.74 Å². The Morgan fingerprint density at radius 3 is 1.70 bits per heavy atom. The molecule has 4 heteroatoms. The summed E-state index contributed by atoms with van der Waals surface area (Å²) in [6, 6.07) is 6.51. The molecular weight excluding hydrogens is 364 g/mol. The van der Waals surface area contributed by atoms with E-state index in [0.717, 1.165) is 12.8 Å². The molecule has 1 aromatic rings. The van der Waals surface area contributed by atoms with Gasteiger partial charge in [0.1, 0.15) is 11.3 Å². The van der Waals surface area contributed by atoms with Crippen LogP contribution >= 0.6 is 0 Å². The van der Waals surface area contributed by atoms with Gasteiger partial charge in [-0.2, -0.15) is 0 Å². The zero-order chi connectivity index (χ0) is 18.9. The van der Waals surface area contributed by atoms with Crippen molar-refractivity contribution in [3.8, 4) is 5.75 Å². The summed E-state index contributed by atoms with van der Waals surface area (Å²) in [6.07, 6.45) is 18.3. The Kier molecular flexibility index (Phi) is 18.9. The van der Waals surface area contributed by atoms with E-state index in [1.807, 2.05) is 0 Å². The van der Waals surface area contributed by atoms with Crippen molar-refractivity contribution in [2.75, 3.05) is 6.61 Å². The number of ether oxygens (including phenoxy) is 1. The number of para-hydroxylation sites is 1. The van der Waals surface area contributed by atoms with Crippen molar-refractivity contribution >= 4 is 43.7 Å². The molecule has 0 aliphatic carbocycles. The van der Waals surface area contributed by atoms with Crippen LogP contribution in [0.3, 0.4) is 0 Å². The topological polar surface area (TPSA) is 46.5 Å². The molecular formula is C23H40CaO3. The van der Waals surface area contributed by atoms with Crippen molar-refractivity contribution in [1.29, 1.82) is 0 Å². The van der Waals surface area contributed by atoms with E-state index in [1.165, 1.54) is 83.1 Å². The van der Waals surface area contributed by atoms with Gasteiger partial charge < -0.3 is 9.84 Å². The summed E-state index contributed by atoms with van der Waals surface area (Å²) in [5, 5.41) is 9.61. The van der Waals surface area contributed by atoms with Gasteiger partial charge in [-0.3, -0.25) is 0 Å². The van der Waals surface area contributed by atoms with Crippen LogP contribution in [0.25, 0.3) is 0 Å². The summed E-state index contributed by atoms with van der Waals surface area (Å²) < 4.78 is 5.22. The molecule has 0 aliphatic rings. The molecule has 27 heavy (non-hydrogen) atoms. The fourth-order valence-electron chi connectivity index (χ4n) is 3.19. The summed E-state index contributed by atoms with van der Waals surface area (Å²) in [4.78, 5) is 11.8. The first kappa shape index (κ1) is 26.7. The summed E-state index contributed by atoms with van der Waals surface area (Å²) in [5.41, 5.74) is 0.248. The molecule has 0 heterocycles. The molecule has 0 unspecified atom stereocenters. The van der Waals surface area contributed by atoms with Crippen LogP contribution in [0.15, 0.2) is 24.3 Å². The van der Waals surface area contributed by atoms with Gasteiger partial charge in [-0.05, 0) is 18.6 Å². The third kappa shape index (κ3) is 14.4. The number of carbonyl (C=O) groups excluding carboxylic acids is 1. The van der Waals surface area contributed by atoms with Gasteiger partial charge in [-0.25, -0.2) is 4.79 Å². The van der Waals surface area contributed by atoms with E-state index in [0.29, 0.717) is 6.61 Å². The molecule has 1 aromatic carbocycles. The Hall–Kier alpha value is -0.250. The second kappa shape index (κ2) is 19.1. The minimum absolute atomic E-state index is 0. The maximum absolute atomic E-state index is 11.8. The second-order valence-corrected chi connectivity index (χ2v) is 7.25. The molecule has 0 aromatic heterocycles. The number of phenolic OH excluding ortho intramolecular Hbond substituents is 1. The number of hydrogen-bond donors (Lipinski definition) is 1. The summed E-state index contributed by atoms with van der Waals surface area (Å²) >= 11 is 0. The van der Waals surface area contributed by atoms with E-state index in [1.54, 1.807) is 18.2 Å². The fraction of sp³-hybridized carbons (Fsp3) is 0.696. The number of phenols is 1. The normalized spacial score (nSPS) is 10.4. The summed E-state index contributed by atoms with van der Waals surface area (Å²) in [6.45, 7) is 2.70. The molecule has 0 atom stereocenters. The molecule has 0 fully saturated rings.